The molecule has 0 saturated heterocycles. The van der Waals surface area contributed by atoms with Crippen LogP contribution in [0.15, 0.2) is 5.16 Å². The van der Waals surface area contributed by atoms with Gasteiger partial charge in [-0.05, 0) is 39.0 Å². The number of unbranched alkanes of at least 4 members (excludes halogenated alkanes) is 2. The summed E-state index contributed by atoms with van der Waals surface area (Å²) in [5, 5.41) is 12.9. The van der Waals surface area contributed by atoms with Crippen LogP contribution in [0.2, 0.25) is 0 Å². The lowest BCUT2D eigenvalue weighted by molar-refractivity contribution is 0.138. The van der Waals surface area contributed by atoms with Gasteiger partial charge in [0.15, 0.2) is 0 Å². The van der Waals surface area contributed by atoms with Gasteiger partial charge in [0.2, 0.25) is 0 Å². The molecule has 0 fully saturated rings. The first-order valence-electron chi connectivity index (χ1n) is 5.14. The number of aliphatic hydroxyl groups excluding tert-OH is 1. The van der Waals surface area contributed by atoms with Crippen molar-refractivity contribution >= 4 is 28.3 Å². The van der Waals surface area contributed by atoms with Crippen LogP contribution in [0.3, 0.4) is 0 Å². The number of rotatable bonds is 8. The van der Waals surface area contributed by atoms with Crippen molar-refractivity contribution in [3.63, 3.8) is 0 Å². The van der Waals surface area contributed by atoms with E-state index in [-0.39, 0.29) is 4.11 Å². The number of oxime groups is 1. The number of alkyl halides is 1. The molecule has 3 nitrogen and oxygen atoms in total. The Kier molecular flexibility index (Phi) is 9.82. The molecule has 1 N–H and O–H groups in total. The number of halogens is 1. The predicted octanol–water partition coefficient (Wildman–Crippen LogP) is 3.10. The summed E-state index contributed by atoms with van der Waals surface area (Å²) in [4.78, 5) is 5.12. The maximum absolute atomic E-state index is 8.99. The fourth-order valence-corrected chi connectivity index (χ4v) is 1.32. The van der Waals surface area contributed by atoms with Gasteiger partial charge in [0.1, 0.15) is 10.7 Å². The summed E-state index contributed by atoms with van der Waals surface area (Å²) in [5.41, 5.74) is 1.03. The molecular weight excluding hydrogens is 293 g/mol. The van der Waals surface area contributed by atoms with Crippen molar-refractivity contribution in [2.24, 2.45) is 5.16 Å². The highest BCUT2D eigenvalue weighted by molar-refractivity contribution is 14.1. The van der Waals surface area contributed by atoms with Crippen molar-refractivity contribution in [3.8, 4) is 0 Å². The van der Waals surface area contributed by atoms with Gasteiger partial charge >= 0.3 is 0 Å². The number of hydrogen-bond donors (Lipinski definition) is 1. The van der Waals surface area contributed by atoms with Gasteiger partial charge in [-0.25, -0.2) is 0 Å². The van der Waals surface area contributed by atoms with E-state index in [1.165, 1.54) is 0 Å². The van der Waals surface area contributed by atoms with Crippen LogP contribution < -0.4 is 0 Å². The number of hydrogen-bond acceptors (Lipinski definition) is 3. The topological polar surface area (TPSA) is 41.8 Å². The molecule has 0 aromatic carbocycles. The molecule has 84 valence electrons. The van der Waals surface area contributed by atoms with Gasteiger partial charge in [0.05, 0.1) is 5.71 Å². The van der Waals surface area contributed by atoms with Gasteiger partial charge < -0.3 is 9.94 Å². The van der Waals surface area contributed by atoms with Gasteiger partial charge in [-0.1, -0.05) is 34.7 Å². The van der Waals surface area contributed by atoms with Crippen molar-refractivity contribution < 1.29 is 9.94 Å². The molecule has 14 heavy (non-hydrogen) atoms. The Labute approximate surface area is 100 Å². The van der Waals surface area contributed by atoms with E-state index in [1.54, 1.807) is 0 Å². The summed E-state index contributed by atoms with van der Waals surface area (Å²) >= 11 is 2.03. The zero-order chi connectivity index (χ0) is 10.8. The average Bonchev–Trinajstić information content (AvgIpc) is 2.15. The van der Waals surface area contributed by atoms with E-state index >= 15 is 0 Å². The molecule has 0 aliphatic rings. The molecule has 0 amide bonds. The van der Waals surface area contributed by atoms with E-state index in [2.05, 4.69) is 12.1 Å². The maximum Gasteiger partial charge on any atom is 0.117 e. The molecule has 0 aliphatic heterocycles. The molecular formula is C10H20INO2. The van der Waals surface area contributed by atoms with Crippen LogP contribution in [0.25, 0.3) is 0 Å². The van der Waals surface area contributed by atoms with Crippen LogP contribution in [0.5, 0.6) is 0 Å². The normalized spacial score (nSPS) is 14.1. The zero-order valence-electron chi connectivity index (χ0n) is 9.00. The van der Waals surface area contributed by atoms with Crippen LogP contribution in [0, 0.1) is 0 Å². The van der Waals surface area contributed by atoms with Crippen LogP contribution in [0.1, 0.15) is 46.0 Å². The van der Waals surface area contributed by atoms with Gasteiger partial charge in [0.25, 0.3) is 0 Å². The second kappa shape index (κ2) is 9.71. The number of aliphatic hydroxyl groups is 1. The van der Waals surface area contributed by atoms with E-state index in [4.69, 9.17) is 9.94 Å². The second-order valence-electron chi connectivity index (χ2n) is 3.30. The molecule has 0 radical (unpaired) electrons. The van der Waals surface area contributed by atoms with Gasteiger partial charge in [-0.3, -0.25) is 0 Å². The fraction of sp³-hybridized carbons (Fsp3) is 0.900. The SMILES string of the molecule is CC/C(C)=N/OCCCCC[C@H](O)I. The number of nitrogens with zero attached hydrogens (tertiary/aromatic N) is 1. The minimum atomic E-state index is -0.200. The second-order valence-corrected chi connectivity index (χ2v) is 4.73. The third-order valence-corrected chi connectivity index (χ3v) is 2.53. The van der Waals surface area contributed by atoms with E-state index in [0.29, 0.717) is 6.61 Å². The fourth-order valence-electron chi connectivity index (χ4n) is 0.877. The Bertz CT molecular complexity index is 160. The molecule has 4 heteroatoms. The molecule has 1 atom stereocenters. The standard InChI is InChI=1S/C10H20INO2/c1-3-9(2)12-14-8-6-4-5-7-10(11)13/h10,13H,3-8H2,1-2H3/b12-9+/t10-/m0/s1. The average molecular weight is 313 g/mol. The van der Waals surface area contributed by atoms with E-state index in [1.807, 2.05) is 29.5 Å². The molecule has 0 unspecified atom stereocenters. The van der Waals surface area contributed by atoms with Crippen LogP contribution in [0.4, 0.5) is 0 Å². The Balaban J connectivity index is 3.14. The molecule has 0 aromatic rings. The smallest absolute Gasteiger partial charge is 0.117 e. The molecule has 0 spiro atoms. The van der Waals surface area contributed by atoms with Crippen molar-refractivity contribution in [1.29, 1.82) is 0 Å². The van der Waals surface area contributed by atoms with Gasteiger partial charge in [-0.2, -0.15) is 0 Å². The molecule has 0 rings (SSSR count). The lowest BCUT2D eigenvalue weighted by Gasteiger charge is -2.02. The lowest BCUT2D eigenvalue weighted by Crippen LogP contribution is -1.96. The van der Waals surface area contributed by atoms with E-state index in [0.717, 1.165) is 37.8 Å². The van der Waals surface area contributed by atoms with Gasteiger partial charge in [-0.15, -0.1) is 0 Å². The molecule has 0 heterocycles. The summed E-state index contributed by atoms with van der Waals surface area (Å²) in [6.45, 7) is 4.71. The van der Waals surface area contributed by atoms with Crippen molar-refractivity contribution in [1.82, 2.24) is 0 Å². The minimum absolute atomic E-state index is 0.200. The van der Waals surface area contributed by atoms with Crippen molar-refractivity contribution in [2.75, 3.05) is 6.61 Å². The largest absolute Gasteiger partial charge is 0.396 e. The third kappa shape index (κ3) is 10.2. The molecule has 0 bridgehead atoms. The molecule has 0 aliphatic carbocycles. The van der Waals surface area contributed by atoms with E-state index < -0.39 is 0 Å². The quantitative estimate of drug-likeness (QED) is 0.246. The highest BCUT2D eigenvalue weighted by Crippen LogP contribution is 2.08. The van der Waals surface area contributed by atoms with Gasteiger partial charge in [0, 0.05) is 0 Å². The third-order valence-electron chi connectivity index (χ3n) is 1.91. The summed E-state index contributed by atoms with van der Waals surface area (Å²) in [7, 11) is 0. The Hall–Kier alpha value is 0.160. The van der Waals surface area contributed by atoms with Crippen molar-refractivity contribution in [3.05, 3.63) is 0 Å². The minimum Gasteiger partial charge on any atom is -0.396 e. The van der Waals surface area contributed by atoms with Crippen LogP contribution >= 0.6 is 22.6 Å². The first-order chi connectivity index (χ1) is 6.66. The Morgan fingerprint density at radius 2 is 2.14 bits per heavy atom. The molecule has 0 saturated carbocycles. The first kappa shape index (κ1) is 14.2. The Morgan fingerprint density at radius 3 is 2.71 bits per heavy atom. The molecule has 0 aromatic heterocycles. The highest BCUT2D eigenvalue weighted by atomic mass is 127. The Morgan fingerprint density at radius 1 is 1.43 bits per heavy atom. The predicted molar refractivity (Wildman–Crippen MR) is 67.8 cm³/mol. The summed E-state index contributed by atoms with van der Waals surface area (Å²) in [6, 6.07) is 0. The van der Waals surface area contributed by atoms with E-state index in [9.17, 15) is 0 Å². The summed E-state index contributed by atoms with van der Waals surface area (Å²) < 4.78 is -0.200. The monoisotopic (exact) mass is 313 g/mol. The summed E-state index contributed by atoms with van der Waals surface area (Å²) in [5.74, 6) is 0. The lowest BCUT2D eigenvalue weighted by atomic mass is 10.2. The van der Waals surface area contributed by atoms with Crippen LogP contribution in [-0.4, -0.2) is 21.5 Å². The highest BCUT2D eigenvalue weighted by Gasteiger charge is 1.96. The first-order valence-corrected chi connectivity index (χ1v) is 6.39. The van der Waals surface area contributed by atoms with Crippen LogP contribution in [-0.2, 0) is 4.84 Å². The zero-order valence-corrected chi connectivity index (χ0v) is 11.2. The van der Waals surface area contributed by atoms with Crippen molar-refractivity contribution in [2.45, 2.75) is 50.1 Å². The summed E-state index contributed by atoms with van der Waals surface area (Å²) in [6.07, 6.45) is 4.99. The maximum atomic E-state index is 8.99.